The standard InChI is InChI=1S/C35H36N2O3/c1-5-6-7-10-18-37(4)26-16-17-29-33(21-26)39-32-20-24(3)31(36-25-13-11-12-23(2)19-25)22-30(32)35(29)28-15-9-8-14-27(28)34(38)40-35/h8-9,11-17,19-22,36H,5-7,10,18H2,1-4H3. The van der Waals surface area contributed by atoms with E-state index in [1.54, 1.807) is 0 Å². The number of esters is 1. The van der Waals surface area contributed by atoms with Crippen molar-refractivity contribution >= 4 is 23.0 Å². The monoisotopic (exact) mass is 532 g/mol. The van der Waals surface area contributed by atoms with Crippen molar-refractivity contribution in [2.45, 2.75) is 52.1 Å². The molecule has 0 aromatic heterocycles. The fourth-order valence-corrected chi connectivity index (χ4v) is 5.96. The molecule has 0 amide bonds. The highest BCUT2D eigenvalue weighted by Gasteiger charge is 2.53. The number of aryl methyl sites for hydroxylation is 2. The van der Waals surface area contributed by atoms with Crippen LogP contribution >= 0.6 is 0 Å². The van der Waals surface area contributed by atoms with Gasteiger partial charge in [0, 0.05) is 53.4 Å². The van der Waals surface area contributed by atoms with Crippen molar-refractivity contribution in [2.24, 2.45) is 0 Å². The predicted molar refractivity (Wildman–Crippen MR) is 161 cm³/mol. The summed E-state index contributed by atoms with van der Waals surface area (Å²) in [6.45, 7) is 7.36. The first kappa shape index (κ1) is 26.0. The molecule has 1 atom stereocenters. The topological polar surface area (TPSA) is 50.8 Å². The minimum Gasteiger partial charge on any atom is -0.456 e. The number of anilines is 3. The van der Waals surface area contributed by atoms with Gasteiger partial charge in [-0.1, -0.05) is 56.5 Å². The maximum absolute atomic E-state index is 13.3. The molecule has 204 valence electrons. The summed E-state index contributed by atoms with van der Waals surface area (Å²) in [4.78, 5) is 15.6. The highest BCUT2D eigenvalue weighted by molar-refractivity contribution is 5.97. The Morgan fingerprint density at radius 1 is 0.825 bits per heavy atom. The second kappa shape index (κ2) is 10.4. The van der Waals surface area contributed by atoms with E-state index in [9.17, 15) is 4.79 Å². The van der Waals surface area contributed by atoms with Crippen molar-refractivity contribution in [1.29, 1.82) is 0 Å². The summed E-state index contributed by atoms with van der Waals surface area (Å²) in [6, 6.07) is 26.4. The molecule has 0 bridgehead atoms. The Bertz CT molecular complexity index is 1590. The van der Waals surface area contributed by atoms with Crippen molar-refractivity contribution in [3.63, 3.8) is 0 Å². The first-order valence-corrected chi connectivity index (χ1v) is 14.3. The number of hydrogen-bond acceptors (Lipinski definition) is 5. The molecule has 1 unspecified atom stereocenters. The van der Waals surface area contributed by atoms with E-state index >= 15 is 0 Å². The summed E-state index contributed by atoms with van der Waals surface area (Å²) in [5.74, 6) is 1.10. The molecule has 1 spiro atoms. The Hall–Kier alpha value is -4.25. The average molecular weight is 533 g/mol. The minimum atomic E-state index is -1.09. The van der Waals surface area contributed by atoms with Crippen LogP contribution in [0.15, 0.2) is 78.9 Å². The lowest BCUT2D eigenvalue weighted by Gasteiger charge is -2.37. The van der Waals surface area contributed by atoms with Crippen LogP contribution in [0.3, 0.4) is 0 Å². The van der Waals surface area contributed by atoms with Crippen LogP contribution < -0.4 is 15.0 Å². The number of carbonyl (C=O) groups is 1. The first-order chi connectivity index (χ1) is 19.4. The number of unbranched alkanes of at least 4 members (excludes halogenated alkanes) is 3. The summed E-state index contributed by atoms with van der Waals surface area (Å²) in [5.41, 5.74) is 7.26. The molecule has 40 heavy (non-hydrogen) atoms. The van der Waals surface area contributed by atoms with Gasteiger partial charge in [0.15, 0.2) is 5.60 Å². The highest BCUT2D eigenvalue weighted by Crippen LogP contribution is 2.57. The largest absolute Gasteiger partial charge is 0.456 e. The summed E-state index contributed by atoms with van der Waals surface area (Å²) in [7, 11) is 2.12. The lowest BCUT2D eigenvalue weighted by molar-refractivity contribution is 0.0224. The zero-order valence-electron chi connectivity index (χ0n) is 23.7. The summed E-state index contributed by atoms with van der Waals surface area (Å²) in [5, 5.41) is 3.58. The number of hydrogen-bond donors (Lipinski definition) is 1. The van der Waals surface area contributed by atoms with Crippen LogP contribution in [0.1, 0.15) is 70.8 Å². The van der Waals surface area contributed by atoms with Crippen molar-refractivity contribution < 1.29 is 14.3 Å². The molecule has 0 aliphatic carbocycles. The van der Waals surface area contributed by atoms with Gasteiger partial charge in [-0.3, -0.25) is 0 Å². The highest BCUT2D eigenvalue weighted by atomic mass is 16.6. The van der Waals surface area contributed by atoms with E-state index in [-0.39, 0.29) is 5.97 Å². The van der Waals surface area contributed by atoms with Crippen LogP contribution in [0.5, 0.6) is 11.5 Å². The number of ether oxygens (including phenoxy) is 2. The van der Waals surface area contributed by atoms with E-state index in [0.717, 1.165) is 52.3 Å². The van der Waals surface area contributed by atoms with E-state index in [4.69, 9.17) is 9.47 Å². The van der Waals surface area contributed by atoms with Crippen LogP contribution in [-0.4, -0.2) is 19.6 Å². The van der Waals surface area contributed by atoms with Crippen LogP contribution in [0.25, 0.3) is 0 Å². The fraction of sp³-hybridized carbons (Fsp3) is 0.286. The third kappa shape index (κ3) is 4.40. The van der Waals surface area contributed by atoms with Crippen molar-refractivity contribution in [2.75, 3.05) is 23.8 Å². The normalized spacial score (nSPS) is 16.6. The molecule has 0 fully saturated rings. The summed E-state index contributed by atoms with van der Waals surface area (Å²) in [6.07, 6.45) is 4.85. The Morgan fingerprint density at radius 3 is 2.48 bits per heavy atom. The molecule has 1 N–H and O–H groups in total. The smallest absolute Gasteiger partial charge is 0.340 e. The molecular formula is C35H36N2O3. The van der Waals surface area contributed by atoms with Gasteiger partial charge in [0.25, 0.3) is 0 Å². The van der Waals surface area contributed by atoms with Crippen LogP contribution in [0, 0.1) is 13.8 Å². The zero-order chi connectivity index (χ0) is 27.9. The molecule has 4 aromatic rings. The van der Waals surface area contributed by atoms with Gasteiger partial charge >= 0.3 is 5.97 Å². The van der Waals surface area contributed by atoms with Gasteiger partial charge in [0.05, 0.1) is 5.56 Å². The Balaban J connectivity index is 1.47. The number of benzene rings is 4. The first-order valence-electron chi connectivity index (χ1n) is 14.3. The fourth-order valence-electron chi connectivity index (χ4n) is 5.96. The quantitative estimate of drug-likeness (QED) is 0.182. The Labute approximate surface area is 236 Å². The molecule has 0 saturated carbocycles. The van der Waals surface area contributed by atoms with Gasteiger partial charge in [0.2, 0.25) is 0 Å². The van der Waals surface area contributed by atoms with Gasteiger partial charge < -0.3 is 19.7 Å². The third-order valence-electron chi connectivity index (χ3n) is 8.13. The van der Waals surface area contributed by atoms with Crippen molar-refractivity contribution in [3.05, 3.63) is 112 Å². The van der Waals surface area contributed by atoms with Gasteiger partial charge in [-0.15, -0.1) is 0 Å². The van der Waals surface area contributed by atoms with Crippen molar-refractivity contribution in [3.8, 4) is 11.5 Å². The molecule has 2 aliphatic heterocycles. The van der Waals surface area contributed by atoms with Crippen LogP contribution in [0.4, 0.5) is 17.1 Å². The molecule has 5 heteroatoms. The van der Waals surface area contributed by atoms with E-state index < -0.39 is 5.60 Å². The lowest BCUT2D eigenvalue weighted by Crippen LogP contribution is -2.33. The Kier molecular flexibility index (Phi) is 6.75. The van der Waals surface area contributed by atoms with Crippen LogP contribution in [-0.2, 0) is 10.3 Å². The summed E-state index contributed by atoms with van der Waals surface area (Å²) >= 11 is 0. The van der Waals surface area contributed by atoms with Gasteiger partial charge in [-0.2, -0.15) is 0 Å². The molecule has 2 heterocycles. The summed E-state index contributed by atoms with van der Waals surface area (Å²) < 4.78 is 13.0. The van der Waals surface area contributed by atoms with Crippen LogP contribution in [0.2, 0.25) is 0 Å². The van der Waals surface area contributed by atoms with Gasteiger partial charge in [-0.05, 0) is 73.9 Å². The molecule has 0 saturated heterocycles. The van der Waals surface area contributed by atoms with E-state index in [0.29, 0.717) is 17.1 Å². The van der Waals surface area contributed by atoms with Gasteiger partial charge in [-0.25, -0.2) is 4.79 Å². The number of nitrogens with zero attached hydrogens (tertiary/aromatic N) is 1. The lowest BCUT2D eigenvalue weighted by atomic mass is 9.77. The predicted octanol–water partition coefficient (Wildman–Crippen LogP) is 8.63. The molecule has 6 rings (SSSR count). The second-order valence-electron chi connectivity index (χ2n) is 11.0. The molecule has 4 aromatic carbocycles. The number of carbonyl (C=O) groups excluding carboxylic acids is 1. The van der Waals surface area contributed by atoms with E-state index in [2.05, 4.69) is 80.5 Å². The van der Waals surface area contributed by atoms with E-state index in [1.165, 1.54) is 24.8 Å². The zero-order valence-corrected chi connectivity index (χ0v) is 23.7. The van der Waals surface area contributed by atoms with Gasteiger partial charge in [0.1, 0.15) is 11.5 Å². The SMILES string of the molecule is CCCCCCN(C)c1ccc2c(c1)Oc1cc(C)c(Nc3cccc(C)c3)cc1C21OC(=O)c2ccccc21. The third-order valence-corrected chi connectivity index (χ3v) is 8.13. The van der Waals surface area contributed by atoms with Crippen molar-refractivity contribution in [1.82, 2.24) is 0 Å². The molecule has 5 nitrogen and oxygen atoms in total. The maximum Gasteiger partial charge on any atom is 0.340 e. The molecule has 2 aliphatic rings. The number of nitrogens with one attached hydrogen (secondary N) is 1. The number of rotatable bonds is 8. The molecular weight excluding hydrogens is 496 g/mol. The molecule has 0 radical (unpaired) electrons. The maximum atomic E-state index is 13.3. The minimum absolute atomic E-state index is 0.319. The Morgan fingerprint density at radius 2 is 1.65 bits per heavy atom. The van der Waals surface area contributed by atoms with E-state index in [1.807, 2.05) is 36.4 Å². The number of fused-ring (bicyclic) bond motifs is 6. The second-order valence-corrected chi connectivity index (χ2v) is 11.0. The average Bonchev–Trinajstić information content (AvgIpc) is 3.24.